The van der Waals surface area contributed by atoms with E-state index < -0.39 is 24.2 Å². The van der Waals surface area contributed by atoms with Crippen molar-refractivity contribution < 1.29 is 39.9 Å². The van der Waals surface area contributed by atoms with Crippen molar-refractivity contribution in [3.8, 4) is 17.3 Å². The van der Waals surface area contributed by atoms with E-state index in [4.69, 9.17) is 9.15 Å². The van der Waals surface area contributed by atoms with Gasteiger partial charge in [-0.25, -0.2) is 4.39 Å². The van der Waals surface area contributed by atoms with Crippen molar-refractivity contribution in [3.05, 3.63) is 53.3 Å². The van der Waals surface area contributed by atoms with Gasteiger partial charge in [0.15, 0.2) is 5.76 Å². The molecule has 0 aliphatic carbocycles. The molecule has 0 aliphatic rings. The van der Waals surface area contributed by atoms with Gasteiger partial charge in [-0.3, -0.25) is 0 Å². The Morgan fingerprint density at radius 3 is 2.45 bits per heavy atom. The first-order valence-electron chi connectivity index (χ1n) is 8.95. The molecule has 0 fully saturated rings. The van der Waals surface area contributed by atoms with E-state index in [1.54, 1.807) is 12.1 Å². The van der Waals surface area contributed by atoms with Gasteiger partial charge in [0, 0.05) is 29.2 Å². The van der Waals surface area contributed by atoms with E-state index in [0.29, 0.717) is 11.1 Å². The monoisotopic (exact) mass is 477 g/mol. The Hall–Kier alpha value is -3.84. The molecule has 0 saturated carbocycles. The molecule has 0 atom stereocenters. The zero-order chi connectivity index (χ0) is 24.2. The third kappa shape index (κ3) is 5.90. The highest BCUT2D eigenvalue weighted by Gasteiger charge is 2.34. The molecule has 2 aromatic carbocycles. The van der Waals surface area contributed by atoms with Crippen molar-refractivity contribution in [1.82, 2.24) is 20.6 Å². The second-order valence-electron chi connectivity index (χ2n) is 6.34. The molecule has 2 N–H and O–H groups in total. The molecule has 0 aliphatic heterocycles. The molecule has 0 amide bonds. The first-order chi connectivity index (χ1) is 15.6. The number of hydrogen-bond acceptors (Lipinski definition) is 6. The maximum atomic E-state index is 14.4. The molecular formula is C19H14F7N5O2. The van der Waals surface area contributed by atoms with Crippen LogP contribution in [0.2, 0.25) is 0 Å². The average molecular weight is 477 g/mol. The number of hydrogen-bond donors (Lipinski definition) is 2. The van der Waals surface area contributed by atoms with Gasteiger partial charge < -0.3 is 14.5 Å². The number of H-pyrrole nitrogens is 1. The Bertz CT molecular complexity index is 1210. The molecule has 2 aromatic heterocycles. The van der Waals surface area contributed by atoms with Gasteiger partial charge in [0.2, 0.25) is 5.82 Å². The van der Waals surface area contributed by atoms with Crippen molar-refractivity contribution >= 4 is 16.7 Å². The summed E-state index contributed by atoms with van der Waals surface area (Å²) in [6.45, 7) is -3.70. The van der Waals surface area contributed by atoms with Crippen LogP contribution < -0.4 is 10.1 Å². The number of tetrazole rings is 1. The predicted molar refractivity (Wildman–Crippen MR) is 102 cm³/mol. The van der Waals surface area contributed by atoms with E-state index in [1.165, 1.54) is 18.2 Å². The van der Waals surface area contributed by atoms with Gasteiger partial charge in [0.05, 0.1) is 12.7 Å². The van der Waals surface area contributed by atoms with Gasteiger partial charge in [0.1, 0.15) is 17.1 Å². The van der Waals surface area contributed by atoms with E-state index in [1.807, 2.05) is 0 Å². The molecule has 4 aromatic rings. The fraction of sp³-hybridized carbons (Fsp3) is 0.211. The van der Waals surface area contributed by atoms with E-state index >= 15 is 0 Å². The van der Waals surface area contributed by atoms with Crippen LogP contribution in [0.25, 0.3) is 22.6 Å². The molecule has 0 unspecified atom stereocenters. The summed E-state index contributed by atoms with van der Waals surface area (Å²) >= 11 is 0. The number of alkyl halides is 6. The molecule has 2 heterocycles. The van der Waals surface area contributed by atoms with Crippen molar-refractivity contribution in [3.63, 3.8) is 0 Å². The number of fused-ring (bicyclic) bond motifs is 1. The van der Waals surface area contributed by atoms with Crippen molar-refractivity contribution in [2.45, 2.75) is 19.4 Å². The minimum Gasteiger partial charge on any atom is -0.496 e. The SMILES string of the molecule is COc1ccc(NCc2cc3cc(-c4nn[nH]n4)oc3cc2F)cc1C(F)(F)F.FC(F)F. The number of anilines is 1. The number of methoxy groups -OCH3 is 1. The van der Waals surface area contributed by atoms with Crippen LogP contribution in [-0.2, 0) is 12.7 Å². The number of furan rings is 1. The van der Waals surface area contributed by atoms with Crippen molar-refractivity contribution in [2.75, 3.05) is 12.4 Å². The van der Waals surface area contributed by atoms with Gasteiger partial charge in [-0.1, -0.05) is 0 Å². The lowest BCUT2D eigenvalue weighted by molar-refractivity contribution is -0.138. The van der Waals surface area contributed by atoms with Gasteiger partial charge >= 0.3 is 12.9 Å². The Morgan fingerprint density at radius 2 is 1.85 bits per heavy atom. The van der Waals surface area contributed by atoms with Crippen LogP contribution in [0.15, 0.2) is 40.8 Å². The molecule has 0 saturated heterocycles. The third-order valence-corrected chi connectivity index (χ3v) is 4.24. The number of benzene rings is 2. The summed E-state index contributed by atoms with van der Waals surface area (Å²) in [7, 11) is 1.16. The molecule has 0 bridgehead atoms. The normalized spacial score (nSPS) is 11.4. The lowest BCUT2D eigenvalue weighted by Gasteiger charge is -2.14. The van der Waals surface area contributed by atoms with Crippen molar-refractivity contribution in [2.24, 2.45) is 0 Å². The predicted octanol–water partition coefficient (Wildman–Crippen LogP) is 5.57. The Labute approximate surface area is 180 Å². The van der Waals surface area contributed by atoms with Gasteiger partial charge in [-0.2, -0.15) is 31.6 Å². The van der Waals surface area contributed by atoms with Crippen LogP contribution in [0, 0.1) is 5.82 Å². The van der Waals surface area contributed by atoms with Crippen LogP contribution in [-0.4, -0.2) is 34.4 Å². The van der Waals surface area contributed by atoms with E-state index in [0.717, 1.165) is 13.2 Å². The Morgan fingerprint density at radius 1 is 1.12 bits per heavy atom. The lowest BCUT2D eigenvalue weighted by Crippen LogP contribution is -2.09. The summed E-state index contributed by atoms with van der Waals surface area (Å²) in [5, 5.41) is 16.7. The fourth-order valence-corrected chi connectivity index (χ4v) is 2.86. The second-order valence-corrected chi connectivity index (χ2v) is 6.34. The first-order valence-corrected chi connectivity index (χ1v) is 8.95. The smallest absolute Gasteiger partial charge is 0.420 e. The van der Waals surface area contributed by atoms with Gasteiger partial charge in [-0.15, -0.1) is 10.2 Å². The van der Waals surface area contributed by atoms with E-state index in [-0.39, 0.29) is 35.0 Å². The number of rotatable bonds is 5. The topological polar surface area (TPSA) is 88.9 Å². The number of aromatic amines is 1. The maximum Gasteiger partial charge on any atom is 0.420 e. The molecule has 176 valence electrons. The van der Waals surface area contributed by atoms with Crippen LogP contribution in [0.5, 0.6) is 5.75 Å². The van der Waals surface area contributed by atoms with Gasteiger partial charge in [0.25, 0.3) is 0 Å². The molecule has 33 heavy (non-hydrogen) atoms. The fourth-order valence-electron chi connectivity index (χ4n) is 2.86. The second kappa shape index (κ2) is 9.75. The first kappa shape index (κ1) is 23.8. The minimum absolute atomic E-state index is 0.0336. The lowest BCUT2D eigenvalue weighted by atomic mass is 10.1. The quantitative estimate of drug-likeness (QED) is 0.366. The summed E-state index contributed by atoms with van der Waals surface area (Å²) in [5.41, 5.74) is -0.199. The molecule has 0 spiro atoms. The number of nitrogens with one attached hydrogen (secondary N) is 2. The zero-order valence-corrected chi connectivity index (χ0v) is 16.6. The Kier molecular flexibility index (Phi) is 7.04. The summed E-state index contributed by atoms with van der Waals surface area (Å²) < 4.78 is 93.1. The number of nitrogens with zero attached hydrogens (tertiary/aromatic N) is 3. The molecule has 7 nitrogen and oxygen atoms in total. The summed E-state index contributed by atoms with van der Waals surface area (Å²) in [6.07, 6.45) is -4.57. The van der Waals surface area contributed by atoms with Crippen LogP contribution in [0.1, 0.15) is 11.1 Å². The molecule has 0 radical (unpaired) electrons. The van der Waals surface area contributed by atoms with E-state index in [9.17, 15) is 30.7 Å². The number of halogens is 7. The van der Waals surface area contributed by atoms with Crippen LogP contribution in [0.4, 0.5) is 36.4 Å². The summed E-state index contributed by atoms with van der Waals surface area (Å²) in [4.78, 5) is 0. The van der Waals surface area contributed by atoms with Crippen LogP contribution >= 0.6 is 0 Å². The minimum atomic E-state index is -4.57. The summed E-state index contributed by atoms with van der Waals surface area (Å²) in [5.74, 6) is -0.325. The summed E-state index contributed by atoms with van der Waals surface area (Å²) in [6, 6.07) is 7.92. The number of aromatic nitrogens is 4. The number of ether oxygens (including phenoxy) is 1. The highest BCUT2D eigenvalue weighted by Crippen LogP contribution is 2.38. The molecule has 14 heteroatoms. The third-order valence-electron chi connectivity index (χ3n) is 4.24. The van der Waals surface area contributed by atoms with Gasteiger partial charge in [-0.05, 0) is 35.5 Å². The maximum absolute atomic E-state index is 14.4. The highest BCUT2D eigenvalue weighted by atomic mass is 19.4. The average Bonchev–Trinajstić information content (AvgIpc) is 3.40. The molecule has 4 rings (SSSR count). The van der Waals surface area contributed by atoms with Crippen LogP contribution in [0.3, 0.4) is 0 Å². The van der Waals surface area contributed by atoms with Crippen molar-refractivity contribution in [1.29, 1.82) is 0 Å². The largest absolute Gasteiger partial charge is 0.496 e. The zero-order valence-electron chi connectivity index (χ0n) is 16.6. The molecular weight excluding hydrogens is 463 g/mol. The van der Waals surface area contributed by atoms with E-state index in [2.05, 4.69) is 25.9 Å². The Balaban J connectivity index is 0.000000709. The standard InChI is InChI=1S/C18H13F4N5O2.CHF3/c1-28-14-3-2-11(6-12(14)18(20,21)22)23-8-10-4-9-5-16(17-24-26-27-25-17)29-15(9)7-13(10)19;2-1(3)4/h2-7,23H,8H2,1H3,(H,24,25,26,27);1H. The highest BCUT2D eigenvalue weighted by molar-refractivity contribution is 5.82.